The predicted octanol–water partition coefficient (Wildman–Crippen LogP) is 4.06. The molecule has 1 amide bonds. The molecule has 0 unspecified atom stereocenters. The number of carbonyl (C=O) groups is 1. The van der Waals surface area contributed by atoms with Crippen LogP contribution in [-0.2, 0) is 17.5 Å². The van der Waals surface area contributed by atoms with Gasteiger partial charge in [0.25, 0.3) is 5.91 Å². The first-order valence-electron chi connectivity index (χ1n) is 7.89. The first-order valence-corrected chi connectivity index (χ1v) is 7.89. The van der Waals surface area contributed by atoms with Gasteiger partial charge in [-0.2, -0.15) is 13.2 Å². The van der Waals surface area contributed by atoms with E-state index in [-0.39, 0.29) is 18.7 Å². The summed E-state index contributed by atoms with van der Waals surface area (Å²) < 4.78 is 49.8. The second-order valence-electron chi connectivity index (χ2n) is 5.85. The van der Waals surface area contributed by atoms with Crippen molar-refractivity contribution < 1.29 is 27.4 Å². The minimum absolute atomic E-state index is 0.0313. The molecule has 0 radical (unpaired) electrons. The van der Waals surface area contributed by atoms with Gasteiger partial charge in [-0.1, -0.05) is 24.3 Å². The lowest BCUT2D eigenvalue weighted by Gasteiger charge is -2.20. The fourth-order valence-electron chi connectivity index (χ4n) is 2.42. The van der Waals surface area contributed by atoms with E-state index in [0.29, 0.717) is 11.5 Å². The monoisotopic (exact) mass is 367 g/mol. The summed E-state index contributed by atoms with van der Waals surface area (Å²) in [6.07, 6.45) is -4.47. The number of rotatable bonds is 6. The number of nitrogens with zero attached hydrogens (tertiary/aromatic N) is 1. The van der Waals surface area contributed by atoms with E-state index in [1.54, 1.807) is 12.1 Å². The summed E-state index contributed by atoms with van der Waals surface area (Å²) in [5.74, 6) is 0.447. The van der Waals surface area contributed by atoms with E-state index in [9.17, 15) is 18.0 Å². The molecule has 26 heavy (non-hydrogen) atoms. The van der Waals surface area contributed by atoms with Gasteiger partial charge < -0.3 is 14.4 Å². The van der Waals surface area contributed by atoms with E-state index in [1.807, 2.05) is 13.0 Å². The molecule has 0 atom stereocenters. The quantitative estimate of drug-likeness (QED) is 0.773. The maximum Gasteiger partial charge on any atom is 0.416 e. The van der Waals surface area contributed by atoms with Crippen LogP contribution in [0, 0.1) is 6.92 Å². The van der Waals surface area contributed by atoms with Crippen LogP contribution in [0.25, 0.3) is 0 Å². The van der Waals surface area contributed by atoms with Crippen molar-refractivity contribution >= 4 is 5.91 Å². The molecule has 0 aliphatic heterocycles. The molecule has 0 heterocycles. The van der Waals surface area contributed by atoms with Crippen molar-refractivity contribution in [3.05, 3.63) is 59.2 Å². The molecule has 4 nitrogen and oxygen atoms in total. The fourth-order valence-corrected chi connectivity index (χ4v) is 2.42. The van der Waals surface area contributed by atoms with Gasteiger partial charge in [0, 0.05) is 13.6 Å². The lowest BCUT2D eigenvalue weighted by molar-refractivity contribution is -0.140. The number of alkyl halides is 3. The van der Waals surface area contributed by atoms with Crippen LogP contribution in [0.4, 0.5) is 13.2 Å². The molecule has 0 saturated heterocycles. The first-order chi connectivity index (χ1) is 12.2. The van der Waals surface area contributed by atoms with Crippen LogP contribution in [0.5, 0.6) is 11.5 Å². The van der Waals surface area contributed by atoms with E-state index in [0.717, 1.165) is 11.6 Å². The Morgan fingerprint density at radius 2 is 1.81 bits per heavy atom. The lowest BCUT2D eigenvalue weighted by atomic mass is 10.1. The van der Waals surface area contributed by atoms with Crippen molar-refractivity contribution in [3.8, 4) is 11.5 Å². The van der Waals surface area contributed by atoms with Gasteiger partial charge in [-0.25, -0.2) is 0 Å². The SMILES string of the molecule is COc1cc(C)ccc1OCC(=O)N(C)Cc1ccccc1C(F)(F)F. The predicted molar refractivity (Wildman–Crippen MR) is 91.1 cm³/mol. The molecule has 2 aromatic rings. The van der Waals surface area contributed by atoms with Gasteiger partial charge in [-0.05, 0) is 36.2 Å². The van der Waals surface area contributed by atoms with Crippen LogP contribution in [-0.4, -0.2) is 31.6 Å². The van der Waals surface area contributed by atoms with Gasteiger partial charge in [0.2, 0.25) is 0 Å². The summed E-state index contributed by atoms with van der Waals surface area (Å²) in [5, 5.41) is 0. The van der Waals surface area contributed by atoms with Crippen molar-refractivity contribution in [2.75, 3.05) is 20.8 Å². The number of methoxy groups -OCH3 is 1. The lowest BCUT2D eigenvalue weighted by Crippen LogP contribution is -2.31. The Morgan fingerprint density at radius 3 is 2.46 bits per heavy atom. The van der Waals surface area contributed by atoms with E-state index in [1.165, 1.54) is 37.3 Å². The Bertz CT molecular complexity index is 775. The van der Waals surface area contributed by atoms with Crippen molar-refractivity contribution in [1.82, 2.24) is 4.90 Å². The van der Waals surface area contributed by atoms with Crippen molar-refractivity contribution in [2.24, 2.45) is 0 Å². The molecule has 2 rings (SSSR count). The highest BCUT2D eigenvalue weighted by Gasteiger charge is 2.33. The number of ether oxygens (including phenoxy) is 2. The summed E-state index contributed by atoms with van der Waals surface area (Å²) in [6, 6.07) is 10.4. The van der Waals surface area contributed by atoms with Gasteiger partial charge >= 0.3 is 6.18 Å². The normalized spacial score (nSPS) is 11.2. The third-order valence-electron chi connectivity index (χ3n) is 3.83. The molecule has 0 aliphatic rings. The summed E-state index contributed by atoms with van der Waals surface area (Å²) in [7, 11) is 2.93. The van der Waals surface area contributed by atoms with Crippen LogP contribution >= 0.6 is 0 Å². The van der Waals surface area contributed by atoms with E-state index >= 15 is 0 Å². The molecule has 0 saturated carbocycles. The number of amides is 1. The number of likely N-dealkylation sites (N-methyl/N-ethyl adjacent to an activating group) is 1. The molecule has 7 heteroatoms. The molecule has 0 aliphatic carbocycles. The number of carbonyl (C=O) groups excluding carboxylic acids is 1. The Morgan fingerprint density at radius 1 is 1.12 bits per heavy atom. The number of halogens is 3. The number of hydrogen-bond acceptors (Lipinski definition) is 3. The highest BCUT2D eigenvalue weighted by Crippen LogP contribution is 2.32. The summed E-state index contributed by atoms with van der Waals surface area (Å²) in [6.45, 7) is 1.43. The molecule has 0 spiro atoms. The topological polar surface area (TPSA) is 38.8 Å². The third-order valence-corrected chi connectivity index (χ3v) is 3.83. The first kappa shape index (κ1) is 19.6. The zero-order chi connectivity index (χ0) is 19.3. The zero-order valence-electron chi connectivity index (χ0n) is 14.8. The fraction of sp³-hybridized carbons (Fsp3) is 0.316. The summed E-state index contributed by atoms with van der Waals surface area (Å²) >= 11 is 0. The van der Waals surface area contributed by atoms with E-state index in [4.69, 9.17) is 9.47 Å². The van der Waals surface area contributed by atoms with Crippen LogP contribution in [0.15, 0.2) is 42.5 Å². The Hall–Kier alpha value is -2.70. The summed E-state index contributed by atoms with van der Waals surface area (Å²) in [5.41, 5.74) is 0.256. The second kappa shape index (κ2) is 8.12. The molecule has 2 aromatic carbocycles. The molecular formula is C19H20F3NO3. The second-order valence-corrected chi connectivity index (χ2v) is 5.85. The van der Waals surface area contributed by atoms with Crippen LogP contribution in [0.2, 0.25) is 0 Å². The van der Waals surface area contributed by atoms with Crippen molar-refractivity contribution in [2.45, 2.75) is 19.6 Å². The highest BCUT2D eigenvalue weighted by atomic mass is 19.4. The number of benzene rings is 2. The van der Waals surface area contributed by atoms with Gasteiger partial charge in [0.05, 0.1) is 12.7 Å². The molecule has 0 fully saturated rings. The Balaban J connectivity index is 2.03. The maximum absolute atomic E-state index is 13.0. The van der Waals surface area contributed by atoms with E-state index in [2.05, 4.69) is 0 Å². The van der Waals surface area contributed by atoms with E-state index < -0.39 is 17.6 Å². The minimum atomic E-state index is -4.47. The molecular weight excluding hydrogens is 347 g/mol. The van der Waals surface area contributed by atoms with Gasteiger partial charge in [-0.3, -0.25) is 4.79 Å². The average molecular weight is 367 g/mol. The maximum atomic E-state index is 13.0. The van der Waals surface area contributed by atoms with Gasteiger partial charge in [0.15, 0.2) is 18.1 Å². The van der Waals surface area contributed by atoms with Crippen LogP contribution < -0.4 is 9.47 Å². The molecule has 0 aromatic heterocycles. The third kappa shape index (κ3) is 4.91. The van der Waals surface area contributed by atoms with Crippen LogP contribution in [0.1, 0.15) is 16.7 Å². The van der Waals surface area contributed by atoms with Crippen molar-refractivity contribution in [1.29, 1.82) is 0 Å². The van der Waals surface area contributed by atoms with Crippen LogP contribution in [0.3, 0.4) is 0 Å². The number of aryl methyl sites for hydroxylation is 1. The molecule has 140 valence electrons. The van der Waals surface area contributed by atoms with Crippen molar-refractivity contribution in [3.63, 3.8) is 0 Å². The smallest absolute Gasteiger partial charge is 0.416 e. The summed E-state index contributed by atoms with van der Waals surface area (Å²) in [4.78, 5) is 13.4. The minimum Gasteiger partial charge on any atom is -0.493 e. The zero-order valence-corrected chi connectivity index (χ0v) is 14.8. The van der Waals surface area contributed by atoms with Gasteiger partial charge in [-0.15, -0.1) is 0 Å². The molecule has 0 bridgehead atoms. The Kier molecular flexibility index (Phi) is 6.13. The highest BCUT2D eigenvalue weighted by molar-refractivity contribution is 5.77. The Labute approximate surface area is 150 Å². The van der Waals surface area contributed by atoms with Gasteiger partial charge in [0.1, 0.15) is 0 Å². The largest absolute Gasteiger partial charge is 0.493 e. The standard InChI is InChI=1S/C19H20F3NO3/c1-13-8-9-16(17(10-13)25-3)26-12-18(24)23(2)11-14-6-4-5-7-15(14)19(20,21)22/h4-10H,11-12H2,1-3H3. The molecule has 0 N–H and O–H groups in total. The average Bonchev–Trinajstić information content (AvgIpc) is 2.59. The number of hydrogen-bond donors (Lipinski definition) is 0.